The van der Waals surface area contributed by atoms with Crippen molar-refractivity contribution >= 4 is 0 Å². The molecule has 1 aromatic heterocycles. The van der Waals surface area contributed by atoms with Crippen LogP contribution in [0.4, 0.5) is 0 Å². The van der Waals surface area contributed by atoms with Gasteiger partial charge in [-0.25, -0.2) is 4.98 Å². The number of benzene rings is 2. The molecule has 1 fully saturated rings. The number of methoxy groups -OCH3 is 2. The number of rotatable bonds is 8. The zero-order valence-electron chi connectivity index (χ0n) is 15.7. The van der Waals surface area contributed by atoms with Gasteiger partial charge >= 0.3 is 0 Å². The van der Waals surface area contributed by atoms with Crippen molar-refractivity contribution in [2.45, 2.75) is 32.0 Å². The Morgan fingerprint density at radius 2 is 1.56 bits per heavy atom. The summed E-state index contributed by atoms with van der Waals surface area (Å²) in [4.78, 5) is 7.16. The minimum absolute atomic E-state index is 0.633. The van der Waals surface area contributed by atoms with Gasteiger partial charge in [0.05, 0.1) is 19.9 Å². The predicted molar refractivity (Wildman–Crippen MR) is 104 cm³/mol. The van der Waals surface area contributed by atoms with E-state index in [1.165, 1.54) is 18.4 Å². The molecule has 0 radical (unpaired) electrons. The summed E-state index contributed by atoms with van der Waals surface area (Å²) in [7, 11) is 3.35. The standard InChI is InChI=1S/C22H24N2O3/c1-25-20-9-3-16(4-10-20)13-24(19-7-8-19)14-18-15-27-22(23-18)17-5-11-21(26-2)12-6-17/h3-6,9-12,15,19H,7-8,13-14H2,1-2H3. The molecule has 0 atom stereocenters. The van der Waals surface area contributed by atoms with E-state index in [0.717, 1.165) is 35.8 Å². The summed E-state index contributed by atoms with van der Waals surface area (Å²) >= 11 is 0. The van der Waals surface area contributed by atoms with Gasteiger partial charge in [-0.05, 0) is 54.8 Å². The number of ether oxygens (including phenoxy) is 2. The third-order valence-corrected chi connectivity index (χ3v) is 4.86. The first kappa shape index (κ1) is 17.6. The third-order valence-electron chi connectivity index (χ3n) is 4.86. The molecule has 1 aliphatic carbocycles. The Morgan fingerprint density at radius 3 is 2.15 bits per heavy atom. The summed E-state index contributed by atoms with van der Waals surface area (Å²) in [5.41, 5.74) is 3.19. The monoisotopic (exact) mass is 364 g/mol. The van der Waals surface area contributed by atoms with Crippen LogP contribution in [0.3, 0.4) is 0 Å². The minimum atomic E-state index is 0.633. The maximum Gasteiger partial charge on any atom is 0.226 e. The molecule has 0 bridgehead atoms. The number of oxazole rings is 1. The smallest absolute Gasteiger partial charge is 0.226 e. The maximum atomic E-state index is 5.71. The Kier molecular flexibility index (Phi) is 5.12. The van der Waals surface area contributed by atoms with Crippen molar-refractivity contribution < 1.29 is 13.9 Å². The molecule has 3 aromatic rings. The molecule has 0 unspecified atom stereocenters. The molecule has 0 N–H and O–H groups in total. The highest BCUT2D eigenvalue weighted by Gasteiger charge is 2.29. The molecule has 0 spiro atoms. The SMILES string of the molecule is COc1ccc(CN(Cc2coc(-c3ccc(OC)cc3)n2)C2CC2)cc1. The molecule has 2 aromatic carbocycles. The summed E-state index contributed by atoms with van der Waals surface area (Å²) in [5.74, 6) is 2.36. The normalized spacial score (nSPS) is 13.7. The van der Waals surface area contributed by atoms with Gasteiger partial charge in [0.2, 0.25) is 5.89 Å². The van der Waals surface area contributed by atoms with E-state index in [0.29, 0.717) is 11.9 Å². The average molecular weight is 364 g/mol. The third kappa shape index (κ3) is 4.31. The lowest BCUT2D eigenvalue weighted by Crippen LogP contribution is -2.25. The quantitative estimate of drug-likeness (QED) is 0.588. The molecule has 0 saturated heterocycles. The fourth-order valence-corrected chi connectivity index (χ4v) is 3.17. The van der Waals surface area contributed by atoms with Crippen LogP contribution in [0.2, 0.25) is 0 Å². The van der Waals surface area contributed by atoms with Crippen molar-refractivity contribution in [1.29, 1.82) is 0 Å². The van der Waals surface area contributed by atoms with Crippen LogP contribution >= 0.6 is 0 Å². The molecular formula is C22H24N2O3. The summed E-state index contributed by atoms with van der Waals surface area (Å²) < 4.78 is 16.2. The molecular weight excluding hydrogens is 340 g/mol. The van der Waals surface area contributed by atoms with E-state index < -0.39 is 0 Å². The van der Waals surface area contributed by atoms with Crippen LogP contribution in [-0.2, 0) is 13.1 Å². The van der Waals surface area contributed by atoms with Crippen molar-refractivity contribution in [3.63, 3.8) is 0 Å². The summed E-state index contributed by atoms with van der Waals surface area (Å²) in [6.45, 7) is 1.69. The molecule has 0 aliphatic heterocycles. The Balaban J connectivity index is 1.45. The Labute approximate surface area is 159 Å². The molecule has 27 heavy (non-hydrogen) atoms. The van der Waals surface area contributed by atoms with Gasteiger partial charge < -0.3 is 13.9 Å². The van der Waals surface area contributed by atoms with Crippen LogP contribution in [0, 0.1) is 0 Å². The van der Waals surface area contributed by atoms with Crippen molar-refractivity contribution in [1.82, 2.24) is 9.88 Å². The van der Waals surface area contributed by atoms with Crippen LogP contribution in [-0.4, -0.2) is 30.1 Å². The fourth-order valence-electron chi connectivity index (χ4n) is 3.17. The second-order valence-corrected chi connectivity index (χ2v) is 6.86. The van der Waals surface area contributed by atoms with Gasteiger partial charge in [0.1, 0.15) is 17.8 Å². The van der Waals surface area contributed by atoms with E-state index in [9.17, 15) is 0 Å². The van der Waals surface area contributed by atoms with Crippen molar-refractivity contribution in [2.24, 2.45) is 0 Å². The zero-order valence-corrected chi connectivity index (χ0v) is 15.7. The van der Waals surface area contributed by atoms with E-state index >= 15 is 0 Å². The van der Waals surface area contributed by atoms with Crippen LogP contribution < -0.4 is 9.47 Å². The Morgan fingerprint density at radius 1 is 0.926 bits per heavy atom. The van der Waals surface area contributed by atoms with Crippen molar-refractivity contribution in [3.05, 3.63) is 66.1 Å². The van der Waals surface area contributed by atoms with Gasteiger partial charge in [0, 0.05) is 24.7 Å². The number of hydrogen-bond acceptors (Lipinski definition) is 5. The Bertz CT molecular complexity index is 867. The number of aromatic nitrogens is 1. The number of hydrogen-bond donors (Lipinski definition) is 0. The highest BCUT2D eigenvalue weighted by molar-refractivity contribution is 5.54. The fraction of sp³-hybridized carbons (Fsp3) is 0.318. The van der Waals surface area contributed by atoms with E-state index in [1.807, 2.05) is 36.4 Å². The van der Waals surface area contributed by atoms with E-state index in [2.05, 4.69) is 22.0 Å². The second-order valence-electron chi connectivity index (χ2n) is 6.86. The van der Waals surface area contributed by atoms with Crippen molar-refractivity contribution in [2.75, 3.05) is 14.2 Å². The van der Waals surface area contributed by atoms with Gasteiger partial charge in [-0.1, -0.05) is 12.1 Å². The first-order chi connectivity index (χ1) is 13.2. The molecule has 140 valence electrons. The van der Waals surface area contributed by atoms with Crippen LogP contribution in [0.25, 0.3) is 11.5 Å². The molecule has 1 aliphatic rings. The molecule has 1 saturated carbocycles. The molecule has 4 rings (SSSR count). The minimum Gasteiger partial charge on any atom is -0.497 e. The lowest BCUT2D eigenvalue weighted by Gasteiger charge is -2.20. The predicted octanol–water partition coefficient (Wildman–Crippen LogP) is 4.52. The van der Waals surface area contributed by atoms with E-state index in [1.54, 1.807) is 20.5 Å². The average Bonchev–Trinajstić information content (AvgIpc) is 3.47. The lowest BCUT2D eigenvalue weighted by molar-refractivity contribution is 0.242. The highest BCUT2D eigenvalue weighted by atomic mass is 16.5. The molecule has 1 heterocycles. The molecule has 0 amide bonds. The molecule has 5 heteroatoms. The molecule has 5 nitrogen and oxygen atoms in total. The van der Waals surface area contributed by atoms with Gasteiger partial charge in [-0.3, -0.25) is 4.90 Å². The highest BCUT2D eigenvalue weighted by Crippen LogP contribution is 2.30. The van der Waals surface area contributed by atoms with Crippen LogP contribution in [0.1, 0.15) is 24.1 Å². The lowest BCUT2D eigenvalue weighted by atomic mass is 10.2. The first-order valence-electron chi connectivity index (χ1n) is 9.21. The second kappa shape index (κ2) is 7.84. The van der Waals surface area contributed by atoms with E-state index in [4.69, 9.17) is 13.9 Å². The zero-order chi connectivity index (χ0) is 18.6. The van der Waals surface area contributed by atoms with Crippen LogP contribution in [0.15, 0.2) is 59.2 Å². The summed E-state index contributed by atoms with van der Waals surface area (Å²) in [6.07, 6.45) is 4.27. The summed E-state index contributed by atoms with van der Waals surface area (Å²) in [5, 5.41) is 0. The van der Waals surface area contributed by atoms with E-state index in [-0.39, 0.29) is 0 Å². The topological polar surface area (TPSA) is 47.7 Å². The van der Waals surface area contributed by atoms with Crippen LogP contribution in [0.5, 0.6) is 11.5 Å². The largest absolute Gasteiger partial charge is 0.497 e. The Hall–Kier alpha value is -2.79. The number of nitrogens with zero attached hydrogens (tertiary/aromatic N) is 2. The van der Waals surface area contributed by atoms with Gasteiger partial charge in [-0.2, -0.15) is 0 Å². The maximum absolute atomic E-state index is 5.71. The van der Waals surface area contributed by atoms with Gasteiger partial charge in [-0.15, -0.1) is 0 Å². The van der Waals surface area contributed by atoms with Gasteiger partial charge in [0.15, 0.2) is 0 Å². The van der Waals surface area contributed by atoms with Crippen molar-refractivity contribution in [3.8, 4) is 23.0 Å². The first-order valence-corrected chi connectivity index (χ1v) is 9.21. The van der Waals surface area contributed by atoms with Gasteiger partial charge in [0.25, 0.3) is 0 Å². The summed E-state index contributed by atoms with van der Waals surface area (Å²) in [6, 6.07) is 16.7.